The van der Waals surface area contributed by atoms with E-state index in [9.17, 15) is 13.2 Å². The summed E-state index contributed by atoms with van der Waals surface area (Å²) in [5.41, 5.74) is 0.482. The lowest BCUT2D eigenvalue weighted by Crippen LogP contribution is -2.17. The molecule has 0 atom stereocenters. The first-order chi connectivity index (χ1) is 8.44. The van der Waals surface area contributed by atoms with Crippen molar-refractivity contribution in [2.45, 2.75) is 12.8 Å². The van der Waals surface area contributed by atoms with Gasteiger partial charge in [0.2, 0.25) is 10.0 Å². The Hall–Kier alpha value is -1.08. The van der Waals surface area contributed by atoms with Gasteiger partial charge in [0.15, 0.2) is 0 Å². The lowest BCUT2D eigenvalue weighted by atomic mass is 10.3. The van der Waals surface area contributed by atoms with Crippen molar-refractivity contribution in [2.75, 3.05) is 17.6 Å². The molecule has 0 bridgehead atoms. The number of anilines is 1. The van der Waals surface area contributed by atoms with Crippen LogP contribution in [0.15, 0.2) is 28.7 Å². The highest BCUT2D eigenvalue weighted by Gasteiger charge is 2.13. The molecular weight excluding hydrogens is 322 g/mol. The van der Waals surface area contributed by atoms with E-state index in [0.29, 0.717) is 10.2 Å². The second-order valence-corrected chi connectivity index (χ2v) is 6.28. The van der Waals surface area contributed by atoms with Crippen molar-refractivity contribution in [2.24, 2.45) is 0 Å². The van der Waals surface area contributed by atoms with E-state index >= 15 is 0 Å². The summed E-state index contributed by atoms with van der Waals surface area (Å²) >= 11 is 3.25. The predicted molar refractivity (Wildman–Crippen MR) is 72.8 cm³/mol. The van der Waals surface area contributed by atoms with E-state index in [4.69, 9.17) is 0 Å². The number of methoxy groups -OCH3 is 1. The number of carbonyl (C=O) groups excluding carboxylic acids is 1. The molecule has 1 aromatic rings. The first-order valence-corrected chi connectivity index (χ1v) is 7.71. The number of hydrogen-bond acceptors (Lipinski definition) is 4. The summed E-state index contributed by atoms with van der Waals surface area (Å²) in [6, 6.07) is 6.92. The number of sulfonamides is 1. The van der Waals surface area contributed by atoms with Crippen LogP contribution in [0.25, 0.3) is 0 Å². The Morgan fingerprint density at radius 3 is 2.67 bits per heavy atom. The van der Waals surface area contributed by atoms with Gasteiger partial charge in [-0.2, -0.15) is 0 Å². The lowest BCUT2D eigenvalue weighted by Gasteiger charge is -2.09. The van der Waals surface area contributed by atoms with Crippen LogP contribution in [0.5, 0.6) is 0 Å². The van der Waals surface area contributed by atoms with E-state index in [1.54, 1.807) is 24.3 Å². The van der Waals surface area contributed by atoms with Crippen molar-refractivity contribution in [1.82, 2.24) is 0 Å². The van der Waals surface area contributed by atoms with Gasteiger partial charge in [-0.05, 0) is 34.5 Å². The Labute approximate surface area is 115 Å². The topological polar surface area (TPSA) is 72.5 Å². The number of ether oxygens (including phenoxy) is 1. The molecule has 1 N–H and O–H groups in total. The second-order valence-electron chi connectivity index (χ2n) is 3.58. The van der Waals surface area contributed by atoms with Crippen LogP contribution in [-0.2, 0) is 19.6 Å². The van der Waals surface area contributed by atoms with Gasteiger partial charge in [0.1, 0.15) is 0 Å². The zero-order valence-corrected chi connectivity index (χ0v) is 12.3. The first-order valence-electron chi connectivity index (χ1n) is 5.26. The Kier molecular flexibility index (Phi) is 5.61. The maximum absolute atomic E-state index is 11.7. The molecule has 1 rings (SSSR count). The lowest BCUT2D eigenvalue weighted by molar-refractivity contribution is -0.140. The minimum Gasteiger partial charge on any atom is -0.469 e. The zero-order valence-electron chi connectivity index (χ0n) is 9.85. The number of para-hydroxylation sites is 1. The highest BCUT2D eigenvalue weighted by atomic mass is 79.9. The van der Waals surface area contributed by atoms with E-state index in [2.05, 4.69) is 25.4 Å². The molecule has 7 heteroatoms. The van der Waals surface area contributed by atoms with Crippen LogP contribution in [0, 0.1) is 0 Å². The third-order valence-corrected chi connectivity index (χ3v) is 4.21. The predicted octanol–water partition coefficient (Wildman–Crippen LogP) is 2.14. The summed E-state index contributed by atoms with van der Waals surface area (Å²) in [6.07, 6.45) is 0.319. The first kappa shape index (κ1) is 15.0. The van der Waals surface area contributed by atoms with Gasteiger partial charge in [0.25, 0.3) is 0 Å². The van der Waals surface area contributed by atoms with Gasteiger partial charge in [-0.25, -0.2) is 8.42 Å². The molecule has 100 valence electrons. The van der Waals surface area contributed by atoms with Gasteiger partial charge >= 0.3 is 5.97 Å². The minimum atomic E-state index is -3.45. The molecule has 0 spiro atoms. The SMILES string of the molecule is COC(=O)CCCS(=O)(=O)Nc1ccccc1Br. The van der Waals surface area contributed by atoms with Crippen molar-refractivity contribution in [1.29, 1.82) is 0 Å². The quantitative estimate of drug-likeness (QED) is 0.808. The van der Waals surface area contributed by atoms with Gasteiger partial charge < -0.3 is 4.74 Å². The summed E-state index contributed by atoms with van der Waals surface area (Å²) in [5.74, 6) is -0.533. The van der Waals surface area contributed by atoms with Crippen LogP contribution in [-0.4, -0.2) is 27.2 Å². The number of halogens is 1. The van der Waals surface area contributed by atoms with E-state index in [0.717, 1.165) is 0 Å². The Morgan fingerprint density at radius 2 is 2.06 bits per heavy atom. The molecule has 5 nitrogen and oxygen atoms in total. The van der Waals surface area contributed by atoms with E-state index in [1.165, 1.54) is 7.11 Å². The number of esters is 1. The van der Waals surface area contributed by atoms with Crippen molar-refractivity contribution in [3.8, 4) is 0 Å². The molecule has 0 aliphatic heterocycles. The molecular formula is C11H14BrNO4S. The molecule has 0 radical (unpaired) electrons. The molecule has 0 fully saturated rings. The Morgan fingerprint density at radius 1 is 1.39 bits per heavy atom. The monoisotopic (exact) mass is 335 g/mol. The summed E-state index contributed by atoms with van der Waals surface area (Å²) in [5, 5.41) is 0. The summed E-state index contributed by atoms with van der Waals surface area (Å²) in [7, 11) is -2.17. The molecule has 1 aromatic carbocycles. The van der Waals surface area contributed by atoms with Crippen LogP contribution in [0.1, 0.15) is 12.8 Å². The zero-order chi connectivity index (χ0) is 13.6. The van der Waals surface area contributed by atoms with Crippen molar-refractivity contribution in [3.05, 3.63) is 28.7 Å². The standard InChI is InChI=1S/C11H14BrNO4S/c1-17-11(14)7-4-8-18(15,16)13-10-6-3-2-5-9(10)12/h2-3,5-6,13H,4,7-8H2,1H3. The minimum absolute atomic E-state index is 0.0906. The van der Waals surface area contributed by atoms with Gasteiger partial charge in [-0.1, -0.05) is 12.1 Å². The average molecular weight is 336 g/mol. The van der Waals surface area contributed by atoms with Crippen LogP contribution in [0.3, 0.4) is 0 Å². The van der Waals surface area contributed by atoms with E-state index in [-0.39, 0.29) is 18.6 Å². The number of hydrogen-bond donors (Lipinski definition) is 1. The number of carbonyl (C=O) groups is 1. The van der Waals surface area contributed by atoms with Crippen LogP contribution in [0.4, 0.5) is 5.69 Å². The molecule has 0 unspecified atom stereocenters. The van der Waals surface area contributed by atoms with Gasteiger partial charge in [-0.15, -0.1) is 0 Å². The molecule has 0 amide bonds. The largest absolute Gasteiger partial charge is 0.469 e. The van der Waals surface area contributed by atoms with E-state index in [1.807, 2.05) is 0 Å². The van der Waals surface area contributed by atoms with Gasteiger partial charge in [0.05, 0.1) is 18.6 Å². The fourth-order valence-electron chi connectivity index (χ4n) is 1.27. The van der Waals surface area contributed by atoms with Crippen LogP contribution < -0.4 is 4.72 Å². The second kappa shape index (κ2) is 6.75. The molecule has 0 heterocycles. The smallest absolute Gasteiger partial charge is 0.305 e. The van der Waals surface area contributed by atoms with Crippen LogP contribution in [0.2, 0.25) is 0 Å². The third kappa shape index (κ3) is 5.05. The van der Waals surface area contributed by atoms with Gasteiger partial charge in [-0.3, -0.25) is 9.52 Å². The molecule has 0 aliphatic rings. The Bertz CT molecular complexity index is 516. The van der Waals surface area contributed by atoms with Crippen LogP contribution >= 0.6 is 15.9 Å². The maximum atomic E-state index is 11.7. The number of nitrogens with one attached hydrogen (secondary N) is 1. The molecule has 0 saturated heterocycles. The fourth-order valence-corrected chi connectivity index (χ4v) is 2.93. The highest BCUT2D eigenvalue weighted by Crippen LogP contribution is 2.22. The molecule has 18 heavy (non-hydrogen) atoms. The number of benzene rings is 1. The highest BCUT2D eigenvalue weighted by molar-refractivity contribution is 9.10. The van der Waals surface area contributed by atoms with E-state index < -0.39 is 16.0 Å². The summed E-state index contributed by atoms with van der Waals surface area (Å²) in [6.45, 7) is 0. The van der Waals surface area contributed by atoms with Crippen molar-refractivity contribution < 1.29 is 17.9 Å². The van der Waals surface area contributed by atoms with Crippen molar-refractivity contribution >= 4 is 37.6 Å². The fraction of sp³-hybridized carbons (Fsp3) is 0.364. The average Bonchev–Trinajstić information content (AvgIpc) is 2.31. The summed E-state index contributed by atoms with van der Waals surface area (Å²) in [4.78, 5) is 10.9. The molecule has 0 aromatic heterocycles. The normalized spacial score (nSPS) is 11.0. The number of rotatable bonds is 6. The molecule has 0 aliphatic carbocycles. The van der Waals surface area contributed by atoms with Gasteiger partial charge in [0, 0.05) is 10.9 Å². The molecule has 0 saturated carbocycles. The Balaban J connectivity index is 2.55. The maximum Gasteiger partial charge on any atom is 0.305 e. The summed E-state index contributed by atoms with van der Waals surface area (Å²) < 4.78 is 31.0. The van der Waals surface area contributed by atoms with Crippen molar-refractivity contribution in [3.63, 3.8) is 0 Å². The third-order valence-electron chi connectivity index (χ3n) is 2.16.